The minimum atomic E-state index is -0.459. The van der Waals surface area contributed by atoms with Crippen LogP contribution < -0.4 is 5.32 Å². The first-order valence-electron chi connectivity index (χ1n) is 13.5. The Kier molecular flexibility index (Phi) is 8.18. The monoisotopic (exact) mass is 631 g/mol. The number of nitrogens with one attached hydrogen (secondary N) is 1. The van der Waals surface area contributed by atoms with Crippen molar-refractivity contribution in [2.75, 3.05) is 6.54 Å². The number of aromatic nitrogens is 7. The number of nitrogens with zero attached hydrogens (tertiary/aromatic N) is 8. The molecule has 0 fully saturated rings. The van der Waals surface area contributed by atoms with Crippen LogP contribution in [0.25, 0.3) is 17.3 Å². The molecule has 14 heteroatoms. The molecule has 44 heavy (non-hydrogen) atoms. The largest absolute Gasteiger partial charge is 0.343 e. The number of rotatable bonds is 7. The van der Waals surface area contributed by atoms with E-state index in [9.17, 15) is 14.0 Å². The van der Waals surface area contributed by atoms with E-state index >= 15 is 0 Å². The zero-order valence-corrected chi connectivity index (χ0v) is 24.7. The van der Waals surface area contributed by atoms with Crippen molar-refractivity contribution in [1.29, 1.82) is 0 Å². The maximum Gasteiger partial charge on any atom is 0.272 e. The predicted octanol–water partition coefficient (Wildman–Crippen LogP) is 4.77. The molecule has 5 aromatic rings. The zero-order chi connectivity index (χ0) is 30.8. The Morgan fingerprint density at radius 1 is 1.09 bits per heavy atom. The van der Waals surface area contributed by atoms with Crippen LogP contribution in [-0.2, 0) is 17.9 Å². The second-order valence-electron chi connectivity index (χ2n) is 10.1. The molecule has 6 rings (SSSR count). The summed E-state index contributed by atoms with van der Waals surface area (Å²) in [5.74, 6) is -1.12. The van der Waals surface area contributed by atoms with Gasteiger partial charge in [0.15, 0.2) is 5.69 Å². The molecule has 2 amide bonds. The molecule has 1 aliphatic rings. The van der Waals surface area contributed by atoms with Gasteiger partial charge < -0.3 is 10.2 Å². The van der Waals surface area contributed by atoms with Crippen LogP contribution in [0.3, 0.4) is 0 Å². The van der Waals surface area contributed by atoms with Crippen molar-refractivity contribution in [2.45, 2.75) is 26.1 Å². The smallest absolute Gasteiger partial charge is 0.272 e. The van der Waals surface area contributed by atoms with Crippen molar-refractivity contribution in [1.82, 2.24) is 45.2 Å². The normalized spacial score (nSPS) is 14.4. The molecule has 11 nitrogen and oxygen atoms in total. The van der Waals surface area contributed by atoms with Gasteiger partial charge in [-0.2, -0.15) is 5.10 Å². The van der Waals surface area contributed by atoms with Gasteiger partial charge in [0.25, 0.3) is 5.91 Å². The Hall–Kier alpha value is -4.94. The van der Waals surface area contributed by atoms with E-state index in [1.54, 1.807) is 52.2 Å². The lowest BCUT2D eigenvalue weighted by molar-refractivity contribution is -0.132. The molecule has 1 atom stereocenters. The van der Waals surface area contributed by atoms with E-state index in [1.807, 2.05) is 25.1 Å². The second-order valence-corrected chi connectivity index (χ2v) is 11.0. The summed E-state index contributed by atoms with van der Waals surface area (Å²) in [6, 6.07) is 15.9. The Morgan fingerprint density at radius 3 is 2.61 bits per heavy atom. The van der Waals surface area contributed by atoms with Gasteiger partial charge in [-0.25, -0.2) is 13.8 Å². The molecule has 0 spiro atoms. The highest BCUT2D eigenvalue weighted by molar-refractivity contribution is 6.35. The van der Waals surface area contributed by atoms with E-state index in [1.165, 1.54) is 23.1 Å². The van der Waals surface area contributed by atoms with Gasteiger partial charge in [0, 0.05) is 23.3 Å². The maximum atomic E-state index is 13.9. The van der Waals surface area contributed by atoms with Crippen LogP contribution in [-0.4, -0.2) is 58.2 Å². The lowest BCUT2D eigenvalue weighted by atomic mass is 9.97. The minimum Gasteiger partial charge on any atom is -0.343 e. The quantitative estimate of drug-likeness (QED) is 0.274. The highest BCUT2D eigenvalue weighted by Crippen LogP contribution is 2.36. The fraction of sp³-hybridized carbons (Fsp3) is 0.167. The number of fused-ring (bicyclic) bond motifs is 1. The van der Waals surface area contributed by atoms with Crippen molar-refractivity contribution in [3.8, 4) is 5.69 Å². The molecule has 0 saturated carbocycles. The molecule has 1 N–H and O–H groups in total. The molecular formula is C30H24Cl2FN9O2. The molecular weight excluding hydrogens is 608 g/mol. The summed E-state index contributed by atoms with van der Waals surface area (Å²) >= 11 is 12.8. The average Bonchev–Trinajstić information content (AvgIpc) is 3.67. The second kappa shape index (κ2) is 12.3. The molecule has 0 bridgehead atoms. The van der Waals surface area contributed by atoms with E-state index in [-0.39, 0.29) is 37.1 Å². The van der Waals surface area contributed by atoms with Gasteiger partial charge in [0.1, 0.15) is 18.7 Å². The van der Waals surface area contributed by atoms with Gasteiger partial charge in [-0.15, -0.1) is 5.10 Å². The molecule has 2 aromatic carbocycles. The van der Waals surface area contributed by atoms with Crippen molar-refractivity contribution in [3.63, 3.8) is 0 Å². The number of hydrogen-bond donors (Lipinski definition) is 1. The summed E-state index contributed by atoms with van der Waals surface area (Å²) in [7, 11) is 0. The van der Waals surface area contributed by atoms with Crippen molar-refractivity contribution < 1.29 is 14.0 Å². The van der Waals surface area contributed by atoms with Gasteiger partial charge in [-0.1, -0.05) is 41.4 Å². The van der Waals surface area contributed by atoms with Gasteiger partial charge in [0.2, 0.25) is 5.91 Å². The summed E-state index contributed by atoms with van der Waals surface area (Å²) in [4.78, 5) is 33.3. The first kappa shape index (κ1) is 29.1. The molecule has 0 saturated heterocycles. The van der Waals surface area contributed by atoms with E-state index in [0.29, 0.717) is 43.8 Å². The van der Waals surface area contributed by atoms with Crippen LogP contribution in [0.1, 0.15) is 46.0 Å². The average molecular weight is 632 g/mol. The molecule has 3 aromatic heterocycles. The number of tetrazole rings is 1. The summed E-state index contributed by atoms with van der Waals surface area (Å²) in [5, 5.41) is 19.5. The molecule has 0 radical (unpaired) electrons. The topological polar surface area (TPSA) is 124 Å². The third-order valence-electron chi connectivity index (χ3n) is 7.08. The van der Waals surface area contributed by atoms with Crippen LogP contribution in [0, 0.1) is 5.82 Å². The van der Waals surface area contributed by atoms with Gasteiger partial charge in [0.05, 0.1) is 34.7 Å². The van der Waals surface area contributed by atoms with Gasteiger partial charge in [-0.05, 0) is 77.0 Å². The van der Waals surface area contributed by atoms with Crippen LogP contribution in [0.15, 0.2) is 73.2 Å². The molecule has 222 valence electrons. The molecule has 1 aliphatic heterocycles. The summed E-state index contributed by atoms with van der Waals surface area (Å²) in [6.45, 7) is 1.94. The number of halogens is 3. The summed E-state index contributed by atoms with van der Waals surface area (Å²) < 4.78 is 16.7. The number of pyridine rings is 1. The number of benzene rings is 2. The maximum absolute atomic E-state index is 13.9. The Balaban J connectivity index is 1.49. The fourth-order valence-corrected chi connectivity index (χ4v) is 5.47. The first-order chi connectivity index (χ1) is 21.3. The van der Waals surface area contributed by atoms with Gasteiger partial charge >= 0.3 is 0 Å². The lowest BCUT2D eigenvalue weighted by Gasteiger charge is -2.30. The Bertz CT molecular complexity index is 1860. The predicted molar refractivity (Wildman–Crippen MR) is 161 cm³/mol. The summed E-state index contributed by atoms with van der Waals surface area (Å²) in [5.41, 5.74) is 3.70. The Labute approximate surface area is 260 Å². The molecule has 0 aliphatic carbocycles. The van der Waals surface area contributed by atoms with E-state index in [0.717, 1.165) is 0 Å². The minimum absolute atomic E-state index is 0.0724. The van der Waals surface area contributed by atoms with E-state index < -0.39 is 11.9 Å². The van der Waals surface area contributed by atoms with Gasteiger partial charge in [-0.3, -0.25) is 14.6 Å². The van der Waals surface area contributed by atoms with Crippen LogP contribution in [0.5, 0.6) is 0 Å². The number of hydrogen-bond acceptors (Lipinski definition) is 7. The van der Waals surface area contributed by atoms with Crippen LogP contribution in [0.2, 0.25) is 10.0 Å². The van der Waals surface area contributed by atoms with Crippen molar-refractivity contribution in [2.24, 2.45) is 0 Å². The fourth-order valence-electron chi connectivity index (χ4n) is 4.98. The number of carbonyl (C=O) groups excluding carboxylic acids is 2. The SMILES string of the molecule is C[C@@H](NC(=O)c1nn(-c2ccc(Cl)cc2Cl)c2c1CN(C(=O)Cn1cnnn1)C/C2=C\c1ccc(F)cc1)c1ccccn1. The molecule has 0 unspecified atom stereocenters. The highest BCUT2D eigenvalue weighted by Gasteiger charge is 2.34. The van der Waals surface area contributed by atoms with Crippen LogP contribution >= 0.6 is 23.2 Å². The number of amides is 2. The lowest BCUT2D eigenvalue weighted by Crippen LogP contribution is -2.38. The summed E-state index contributed by atoms with van der Waals surface area (Å²) in [6.07, 6.45) is 4.83. The van der Waals surface area contributed by atoms with E-state index in [4.69, 9.17) is 28.3 Å². The zero-order valence-electron chi connectivity index (χ0n) is 23.2. The highest BCUT2D eigenvalue weighted by atomic mass is 35.5. The first-order valence-corrected chi connectivity index (χ1v) is 14.3. The van der Waals surface area contributed by atoms with Crippen molar-refractivity contribution in [3.05, 3.63) is 117 Å². The number of carbonyl (C=O) groups is 2. The standard InChI is InChI=1S/C30H24Cl2FN9O2/c1-18(25-4-2-3-11-34-25)36-30(44)28-23-15-40(27(43)16-41-17-35-38-39-41)14-20(12-19-5-8-22(33)9-6-19)29(23)42(37-28)26-10-7-21(31)13-24(26)32/h2-13,17-18H,14-16H2,1H3,(H,36,44)/b20-12+/t18-/m1/s1. The van der Waals surface area contributed by atoms with E-state index in [2.05, 4.69) is 25.8 Å². The molecule has 4 heterocycles. The third kappa shape index (κ3) is 6.08. The third-order valence-corrected chi connectivity index (χ3v) is 7.62. The van der Waals surface area contributed by atoms with Crippen molar-refractivity contribution >= 4 is 46.7 Å². The Morgan fingerprint density at radius 2 is 1.91 bits per heavy atom. The van der Waals surface area contributed by atoms with Crippen LogP contribution in [0.4, 0.5) is 4.39 Å².